The van der Waals surface area contributed by atoms with Gasteiger partial charge in [0, 0.05) is 22.7 Å². The van der Waals surface area contributed by atoms with E-state index in [1.807, 2.05) is 18.2 Å². The number of allylic oxidation sites excluding steroid dienone is 4. The number of hydrogen-bond acceptors (Lipinski definition) is 4. The maximum Gasteiger partial charge on any atom is 0.371 e. The van der Waals surface area contributed by atoms with Gasteiger partial charge in [-0.2, -0.15) is 0 Å². The zero-order valence-electron chi connectivity index (χ0n) is 16.2. The van der Waals surface area contributed by atoms with Crippen molar-refractivity contribution in [1.29, 1.82) is 0 Å². The van der Waals surface area contributed by atoms with Crippen LogP contribution in [-0.4, -0.2) is 16.8 Å². The fourth-order valence-electron chi connectivity index (χ4n) is 4.33. The van der Waals surface area contributed by atoms with Crippen molar-refractivity contribution in [3.8, 4) is 5.95 Å². The van der Waals surface area contributed by atoms with Gasteiger partial charge in [0.25, 0.3) is 5.95 Å². The van der Waals surface area contributed by atoms with E-state index in [1.165, 1.54) is 35.3 Å². The average Bonchev–Trinajstić information content (AvgIpc) is 3.36. The number of carboxylic acid groups (broad SMARTS) is 1. The zero-order chi connectivity index (χ0) is 20.7. The number of carboxylic acids is 1. The Balaban J connectivity index is 1.49. The summed E-state index contributed by atoms with van der Waals surface area (Å²) in [4.78, 5) is 16.0. The molecule has 3 aliphatic rings. The van der Waals surface area contributed by atoms with Gasteiger partial charge in [-0.05, 0) is 73.1 Å². The molecule has 2 aromatic rings. The number of halogens is 1. The molecule has 0 amide bonds. The summed E-state index contributed by atoms with van der Waals surface area (Å²) in [5.74, 6) is -0.331. The number of ether oxygens (including phenoxy) is 1. The molecule has 1 aromatic carbocycles. The van der Waals surface area contributed by atoms with Gasteiger partial charge in [-0.1, -0.05) is 29.8 Å². The normalized spacial score (nSPS) is 20.2. The standard InChI is InChI=1S/C24H20ClNO4/c25-16-8-5-14(6-9-16)13-15-7-10-19(29-21-12-11-20(30-21)24(27)28)23-22(15)17-3-1-2-4-18(17)26-23/h5-12,15H,1-4,13H2,(H,27,28). The molecule has 152 valence electrons. The summed E-state index contributed by atoms with van der Waals surface area (Å²) < 4.78 is 11.2. The number of rotatable bonds is 5. The lowest BCUT2D eigenvalue weighted by atomic mass is 9.81. The van der Waals surface area contributed by atoms with Gasteiger partial charge in [-0.3, -0.25) is 0 Å². The highest BCUT2D eigenvalue weighted by Crippen LogP contribution is 2.43. The van der Waals surface area contributed by atoms with Gasteiger partial charge in [-0.15, -0.1) is 0 Å². The third-order valence-electron chi connectivity index (χ3n) is 5.72. The Morgan fingerprint density at radius 1 is 1.17 bits per heavy atom. The van der Waals surface area contributed by atoms with Crippen molar-refractivity contribution in [2.75, 3.05) is 0 Å². The molecule has 0 radical (unpaired) electrons. The number of benzene rings is 1. The van der Waals surface area contributed by atoms with Gasteiger partial charge in [0.1, 0.15) is 5.70 Å². The van der Waals surface area contributed by atoms with Crippen LogP contribution in [0.15, 0.2) is 80.6 Å². The molecule has 5 nitrogen and oxygen atoms in total. The van der Waals surface area contributed by atoms with Crippen molar-refractivity contribution in [1.82, 2.24) is 0 Å². The van der Waals surface area contributed by atoms with E-state index in [0.717, 1.165) is 42.1 Å². The Morgan fingerprint density at radius 2 is 1.97 bits per heavy atom. The van der Waals surface area contributed by atoms with Crippen LogP contribution in [0.1, 0.15) is 41.8 Å². The van der Waals surface area contributed by atoms with Crippen molar-refractivity contribution in [3.63, 3.8) is 0 Å². The lowest BCUT2D eigenvalue weighted by Crippen LogP contribution is -2.15. The second-order valence-corrected chi connectivity index (χ2v) is 8.13. The van der Waals surface area contributed by atoms with E-state index in [0.29, 0.717) is 5.76 Å². The number of carbonyl (C=O) groups is 1. The number of furan rings is 1. The summed E-state index contributed by atoms with van der Waals surface area (Å²) >= 11 is 6.04. The van der Waals surface area contributed by atoms with Crippen LogP contribution in [0.2, 0.25) is 5.02 Å². The Morgan fingerprint density at radius 3 is 2.73 bits per heavy atom. The smallest absolute Gasteiger partial charge is 0.371 e. The van der Waals surface area contributed by atoms with Crippen molar-refractivity contribution in [2.24, 2.45) is 10.9 Å². The molecule has 1 unspecified atom stereocenters. The predicted molar refractivity (Wildman–Crippen MR) is 114 cm³/mol. The minimum absolute atomic E-state index is 0.148. The zero-order valence-corrected chi connectivity index (χ0v) is 17.0. The largest absolute Gasteiger partial charge is 0.475 e. The number of aliphatic imine (C=N–C) groups is 1. The molecule has 6 heteroatoms. The molecule has 0 saturated heterocycles. The molecular weight excluding hydrogens is 402 g/mol. The molecule has 1 N–H and O–H groups in total. The molecular formula is C24H20ClNO4. The first-order valence-corrected chi connectivity index (χ1v) is 10.5. The van der Waals surface area contributed by atoms with E-state index < -0.39 is 5.97 Å². The lowest BCUT2D eigenvalue weighted by Gasteiger charge is -2.24. The Labute approximate surface area is 179 Å². The van der Waals surface area contributed by atoms with Crippen LogP contribution in [0.3, 0.4) is 0 Å². The third kappa shape index (κ3) is 3.50. The van der Waals surface area contributed by atoms with Crippen LogP contribution in [0.5, 0.6) is 5.95 Å². The van der Waals surface area contributed by atoms with Crippen molar-refractivity contribution in [3.05, 3.63) is 87.5 Å². The number of aromatic carboxylic acids is 1. The summed E-state index contributed by atoms with van der Waals surface area (Å²) in [6.07, 6.45) is 9.24. The van der Waals surface area contributed by atoms with Crippen molar-refractivity contribution in [2.45, 2.75) is 32.1 Å². The Bertz CT molecular complexity index is 1130. The Kier molecular flexibility index (Phi) is 4.83. The van der Waals surface area contributed by atoms with Crippen LogP contribution in [0, 0.1) is 5.92 Å². The second-order valence-electron chi connectivity index (χ2n) is 7.69. The van der Waals surface area contributed by atoms with Crippen molar-refractivity contribution >= 4 is 23.3 Å². The fourth-order valence-corrected chi connectivity index (χ4v) is 4.46. The summed E-state index contributed by atoms with van der Waals surface area (Å²) in [5, 5.41) is 9.80. The quantitative estimate of drug-likeness (QED) is 0.645. The highest BCUT2D eigenvalue weighted by atomic mass is 35.5. The molecule has 2 aliphatic carbocycles. The minimum Gasteiger partial charge on any atom is -0.475 e. The SMILES string of the molecule is O=C(O)c1ccc(OC2=C3N=C4CCCCC4=C3C(Cc3ccc(Cl)cc3)C=C2)o1. The van der Waals surface area contributed by atoms with Gasteiger partial charge in [0.2, 0.25) is 5.76 Å². The van der Waals surface area contributed by atoms with Crippen LogP contribution in [-0.2, 0) is 6.42 Å². The second kappa shape index (κ2) is 7.65. The molecule has 1 aliphatic heterocycles. The molecule has 2 heterocycles. The van der Waals surface area contributed by atoms with E-state index in [9.17, 15) is 4.79 Å². The van der Waals surface area contributed by atoms with Gasteiger partial charge in [0.05, 0.1) is 0 Å². The molecule has 5 rings (SSSR count). The van der Waals surface area contributed by atoms with E-state index in [1.54, 1.807) is 0 Å². The number of fused-ring (bicyclic) bond motifs is 2. The average molecular weight is 422 g/mol. The van der Waals surface area contributed by atoms with Gasteiger partial charge >= 0.3 is 5.97 Å². The number of nitrogens with zero attached hydrogens (tertiary/aromatic N) is 1. The van der Waals surface area contributed by atoms with E-state index in [2.05, 4.69) is 18.2 Å². The summed E-state index contributed by atoms with van der Waals surface area (Å²) in [5.41, 5.74) is 5.78. The Hall–Kier alpha value is -3.05. The maximum absolute atomic E-state index is 11.1. The summed E-state index contributed by atoms with van der Waals surface area (Å²) in [6.45, 7) is 0. The maximum atomic E-state index is 11.1. The highest BCUT2D eigenvalue weighted by Gasteiger charge is 2.34. The molecule has 1 atom stereocenters. The molecule has 0 bridgehead atoms. The van der Waals surface area contributed by atoms with Crippen LogP contribution < -0.4 is 4.74 Å². The first-order valence-electron chi connectivity index (χ1n) is 10.1. The van der Waals surface area contributed by atoms with Gasteiger partial charge in [0.15, 0.2) is 5.76 Å². The molecule has 1 fully saturated rings. The topological polar surface area (TPSA) is 72.0 Å². The first-order chi connectivity index (χ1) is 14.6. The third-order valence-corrected chi connectivity index (χ3v) is 5.97. The first kappa shape index (κ1) is 18.9. The van der Waals surface area contributed by atoms with Crippen LogP contribution in [0.25, 0.3) is 0 Å². The molecule has 30 heavy (non-hydrogen) atoms. The lowest BCUT2D eigenvalue weighted by molar-refractivity contribution is 0.0656. The number of hydrogen-bond donors (Lipinski definition) is 1. The summed E-state index contributed by atoms with van der Waals surface area (Å²) in [7, 11) is 0. The van der Waals surface area contributed by atoms with Crippen LogP contribution in [0.4, 0.5) is 0 Å². The molecule has 1 saturated carbocycles. The van der Waals surface area contributed by atoms with Gasteiger partial charge < -0.3 is 14.3 Å². The summed E-state index contributed by atoms with van der Waals surface area (Å²) in [6, 6.07) is 10.9. The van der Waals surface area contributed by atoms with E-state index >= 15 is 0 Å². The van der Waals surface area contributed by atoms with Crippen LogP contribution >= 0.6 is 11.6 Å². The molecule has 0 spiro atoms. The fraction of sp³-hybridized carbons (Fsp3) is 0.250. The monoisotopic (exact) mass is 421 g/mol. The highest BCUT2D eigenvalue weighted by molar-refractivity contribution is 6.30. The minimum atomic E-state index is -1.13. The van der Waals surface area contributed by atoms with E-state index in [4.69, 9.17) is 30.9 Å². The van der Waals surface area contributed by atoms with Crippen molar-refractivity contribution < 1.29 is 19.1 Å². The van der Waals surface area contributed by atoms with Gasteiger partial charge in [-0.25, -0.2) is 9.79 Å². The molecule has 1 aromatic heterocycles. The van der Waals surface area contributed by atoms with E-state index in [-0.39, 0.29) is 17.6 Å². The predicted octanol–water partition coefficient (Wildman–Crippen LogP) is 5.98.